The highest BCUT2D eigenvalue weighted by molar-refractivity contribution is 9.10. The number of aromatic nitrogens is 1. The molecule has 31 heavy (non-hydrogen) atoms. The van der Waals surface area contributed by atoms with Crippen LogP contribution in [0.25, 0.3) is 0 Å². The number of fused-ring (bicyclic) bond motifs is 3. The van der Waals surface area contributed by atoms with E-state index in [0.717, 1.165) is 19.3 Å². The lowest BCUT2D eigenvalue weighted by molar-refractivity contribution is 0.0534. The summed E-state index contributed by atoms with van der Waals surface area (Å²) in [5, 5.41) is 15.0. The van der Waals surface area contributed by atoms with Crippen molar-refractivity contribution in [3.8, 4) is 5.75 Å². The molecule has 0 aliphatic carbocycles. The maximum absolute atomic E-state index is 14.0. The van der Waals surface area contributed by atoms with Gasteiger partial charge in [0, 0.05) is 35.9 Å². The second kappa shape index (κ2) is 8.33. The summed E-state index contributed by atoms with van der Waals surface area (Å²) >= 11 is 3.17. The zero-order valence-corrected chi connectivity index (χ0v) is 18.5. The number of nitrogens with one attached hydrogen (secondary N) is 1. The Hall–Kier alpha value is -2.88. The number of benzene rings is 1. The number of nitrogens with zero attached hydrogens (tertiary/aromatic N) is 3. The molecule has 3 heterocycles. The molecule has 1 fully saturated rings. The number of piperidine rings is 1. The van der Waals surface area contributed by atoms with Crippen molar-refractivity contribution in [2.45, 2.75) is 38.9 Å². The molecule has 0 bridgehead atoms. The Morgan fingerprint density at radius 1 is 1.32 bits per heavy atom. The minimum absolute atomic E-state index is 0.130. The number of carbonyl (C=O) groups excluding carboxylic acids is 2. The Bertz CT molecular complexity index is 1120. The maximum Gasteiger partial charge on any atom is 0.278 e. The third-order valence-corrected chi connectivity index (χ3v) is 6.24. The van der Waals surface area contributed by atoms with Gasteiger partial charge in [-0.1, -0.05) is 22.0 Å². The molecule has 1 atom stereocenters. The third kappa shape index (κ3) is 3.69. The summed E-state index contributed by atoms with van der Waals surface area (Å²) in [7, 11) is 0. The summed E-state index contributed by atoms with van der Waals surface area (Å²) in [4.78, 5) is 40.0. The highest BCUT2D eigenvalue weighted by Gasteiger charge is 2.40. The van der Waals surface area contributed by atoms with E-state index in [0.29, 0.717) is 17.6 Å². The smallest absolute Gasteiger partial charge is 0.278 e. The highest BCUT2D eigenvalue weighted by Crippen LogP contribution is 2.29. The standard InChI is InChI=1S/C21H22BrFN4O4/c1-2-25-16-5-3-4-8-26(16)27-11-14(18(28)19(29)17(27)21(25)31)20(30)24-10-12-6-7-13(22)9-15(12)23/h6-7,9,11,16,29H,2-5,8,10H2,1H3,(H,24,30)/t16-/m0/s1. The van der Waals surface area contributed by atoms with Crippen LogP contribution < -0.4 is 15.8 Å². The number of carbonyl (C=O) groups is 2. The normalized spacial score (nSPS) is 17.9. The summed E-state index contributed by atoms with van der Waals surface area (Å²) in [6, 6.07) is 4.45. The van der Waals surface area contributed by atoms with E-state index in [-0.39, 0.29) is 29.5 Å². The quantitative estimate of drug-likeness (QED) is 0.682. The first kappa shape index (κ1) is 21.4. The van der Waals surface area contributed by atoms with E-state index >= 15 is 0 Å². The summed E-state index contributed by atoms with van der Waals surface area (Å²) in [6.45, 7) is 2.77. The van der Waals surface area contributed by atoms with E-state index in [9.17, 15) is 23.9 Å². The Morgan fingerprint density at radius 3 is 2.81 bits per heavy atom. The SMILES string of the molecule is CCN1C(=O)c2c(O)c(=O)c(C(=O)NCc3ccc(Br)cc3F)cn2N2CCCC[C@@H]12. The van der Waals surface area contributed by atoms with Crippen molar-refractivity contribution < 1.29 is 19.1 Å². The molecule has 2 aromatic rings. The summed E-state index contributed by atoms with van der Waals surface area (Å²) < 4.78 is 16.0. The third-order valence-electron chi connectivity index (χ3n) is 5.75. The van der Waals surface area contributed by atoms with Gasteiger partial charge >= 0.3 is 0 Å². The van der Waals surface area contributed by atoms with Gasteiger partial charge in [-0.25, -0.2) is 4.39 Å². The molecule has 1 aromatic heterocycles. The first-order chi connectivity index (χ1) is 14.8. The number of amides is 2. The highest BCUT2D eigenvalue weighted by atomic mass is 79.9. The lowest BCUT2D eigenvalue weighted by Crippen LogP contribution is -2.63. The molecule has 2 aliphatic heterocycles. The fourth-order valence-corrected chi connectivity index (χ4v) is 4.51. The minimum Gasteiger partial charge on any atom is -0.502 e. The zero-order chi connectivity index (χ0) is 22.3. The average molecular weight is 493 g/mol. The molecule has 2 amide bonds. The van der Waals surface area contributed by atoms with Gasteiger partial charge in [-0.05, 0) is 38.3 Å². The predicted molar refractivity (Wildman–Crippen MR) is 115 cm³/mol. The van der Waals surface area contributed by atoms with E-state index in [4.69, 9.17) is 0 Å². The molecule has 164 valence electrons. The molecule has 8 nitrogen and oxygen atoms in total. The van der Waals surface area contributed by atoms with Crippen LogP contribution in [0.4, 0.5) is 4.39 Å². The molecule has 0 radical (unpaired) electrons. The number of hydrogen-bond donors (Lipinski definition) is 2. The van der Waals surface area contributed by atoms with Crippen molar-refractivity contribution in [2.75, 3.05) is 18.1 Å². The van der Waals surface area contributed by atoms with Gasteiger partial charge in [0.25, 0.3) is 11.8 Å². The first-order valence-electron chi connectivity index (χ1n) is 10.1. The second-order valence-corrected chi connectivity index (χ2v) is 8.48. The number of pyridine rings is 1. The lowest BCUT2D eigenvalue weighted by Gasteiger charge is -2.48. The van der Waals surface area contributed by atoms with Crippen LogP contribution in [-0.2, 0) is 6.54 Å². The van der Waals surface area contributed by atoms with Crippen molar-refractivity contribution >= 4 is 27.7 Å². The van der Waals surface area contributed by atoms with E-state index in [1.165, 1.54) is 23.0 Å². The van der Waals surface area contributed by atoms with Crippen LogP contribution in [0.1, 0.15) is 52.6 Å². The molecular weight excluding hydrogens is 471 g/mol. The molecule has 0 spiro atoms. The Morgan fingerprint density at radius 2 is 2.10 bits per heavy atom. The number of aromatic hydroxyl groups is 1. The van der Waals surface area contributed by atoms with Gasteiger partial charge in [0.15, 0.2) is 11.4 Å². The molecule has 10 heteroatoms. The van der Waals surface area contributed by atoms with Crippen LogP contribution in [-0.4, -0.2) is 45.8 Å². The van der Waals surface area contributed by atoms with Crippen LogP contribution in [0.2, 0.25) is 0 Å². The second-order valence-electron chi connectivity index (χ2n) is 7.56. The fraction of sp³-hybridized carbons (Fsp3) is 0.381. The molecule has 1 aromatic carbocycles. The molecule has 2 N–H and O–H groups in total. The molecule has 0 saturated carbocycles. The van der Waals surface area contributed by atoms with Crippen LogP contribution in [0.15, 0.2) is 33.7 Å². The fourth-order valence-electron chi connectivity index (χ4n) is 4.18. The molecule has 4 rings (SSSR count). The van der Waals surface area contributed by atoms with Gasteiger partial charge in [-0.15, -0.1) is 0 Å². The van der Waals surface area contributed by atoms with Gasteiger partial charge in [0.1, 0.15) is 17.5 Å². The van der Waals surface area contributed by atoms with Gasteiger partial charge in [-0.2, -0.15) is 0 Å². The van der Waals surface area contributed by atoms with Crippen molar-refractivity contribution in [3.63, 3.8) is 0 Å². The lowest BCUT2D eigenvalue weighted by atomic mass is 10.1. The van der Waals surface area contributed by atoms with Crippen molar-refractivity contribution in [1.82, 2.24) is 14.9 Å². The number of hydrogen-bond acceptors (Lipinski definition) is 5. The van der Waals surface area contributed by atoms with E-state index < -0.39 is 28.8 Å². The largest absolute Gasteiger partial charge is 0.502 e. The molecular formula is C21H22BrFN4O4. The summed E-state index contributed by atoms with van der Waals surface area (Å²) in [5.74, 6) is -2.45. The van der Waals surface area contributed by atoms with Gasteiger partial charge in [-0.3, -0.25) is 24.1 Å². The average Bonchev–Trinajstić information content (AvgIpc) is 2.75. The molecule has 0 unspecified atom stereocenters. The Kier molecular flexibility index (Phi) is 5.74. The minimum atomic E-state index is -0.931. The van der Waals surface area contributed by atoms with Gasteiger partial charge in [0.05, 0.1) is 0 Å². The zero-order valence-electron chi connectivity index (χ0n) is 16.9. The van der Waals surface area contributed by atoms with Crippen molar-refractivity contribution in [2.24, 2.45) is 0 Å². The van der Waals surface area contributed by atoms with E-state index in [1.807, 2.05) is 11.9 Å². The topological polar surface area (TPSA) is 94.9 Å². The Balaban J connectivity index is 1.69. The van der Waals surface area contributed by atoms with E-state index in [2.05, 4.69) is 21.2 Å². The van der Waals surface area contributed by atoms with Gasteiger partial charge in [0.2, 0.25) is 5.43 Å². The van der Waals surface area contributed by atoms with Crippen LogP contribution in [0.3, 0.4) is 0 Å². The monoisotopic (exact) mass is 492 g/mol. The predicted octanol–water partition coefficient (Wildman–Crippen LogP) is 2.31. The van der Waals surface area contributed by atoms with Crippen LogP contribution in [0, 0.1) is 5.82 Å². The van der Waals surface area contributed by atoms with Crippen molar-refractivity contribution in [1.29, 1.82) is 0 Å². The first-order valence-corrected chi connectivity index (χ1v) is 10.9. The maximum atomic E-state index is 14.0. The van der Waals surface area contributed by atoms with Crippen LogP contribution in [0.5, 0.6) is 5.75 Å². The van der Waals surface area contributed by atoms with E-state index in [1.54, 1.807) is 11.0 Å². The van der Waals surface area contributed by atoms with Gasteiger partial charge < -0.3 is 15.3 Å². The van der Waals surface area contributed by atoms with Crippen LogP contribution >= 0.6 is 15.9 Å². The molecule has 2 aliphatic rings. The Labute approximate surface area is 186 Å². The summed E-state index contributed by atoms with van der Waals surface area (Å²) in [5.41, 5.74) is -1.12. The van der Waals surface area contributed by atoms with Crippen molar-refractivity contribution in [3.05, 3.63) is 61.7 Å². The number of halogens is 2. The molecule has 1 saturated heterocycles. The number of rotatable bonds is 4. The summed E-state index contributed by atoms with van der Waals surface area (Å²) in [6.07, 6.45) is 3.70.